The third kappa shape index (κ3) is 5.99. The molecular weight excluding hydrogens is 408 g/mol. The van der Waals surface area contributed by atoms with Crippen LogP contribution in [0.4, 0.5) is 0 Å². The maximum absolute atomic E-state index is 12.6. The fraction of sp³-hybridized carbons (Fsp3) is 0.567. The summed E-state index contributed by atoms with van der Waals surface area (Å²) in [6.07, 6.45) is 6.33. The zero-order valence-electron chi connectivity index (χ0n) is 22.3. The van der Waals surface area contributed by atoms with E-state index in [0.717, 1.165) is 55.2 Å². The summed E-state index contributed by atoms with van der Waals surface area (Å²) in [6, 6.07) is 6.20. The van der Waals surface area contributed by atoms with Gasteiger partial charge in [0.15, 0.2) is 0 Å². The van der Waals surface area contributed by atoms with Gasteiger partial charge in [-0.3, -0.25) is 0 Å². The summed E-state index contributed by atoms with van der Waals surface area (Å²) in [7, 11) is 0. The van der Waals surface area contributed by atoms with E-state index in [-0.39, 0.29) is 16.7 Å². The van der Waals surface area contributed by atoms with E-state index in [9.17, 15) is 15.0 Å². The van der Waals surface area contributed by atoms with Crippen LogP contribution in [-0.4, -0.2) is 16.2 Å². The maximum atomic E-state index is 12.6. The molecule has 0 unspecified atom stereocenters. The number of carboxylic acids is 1. The summed E-state index contributed by atoms with van der Waals surface area (Å²) in [6.45, 7) is 18.7. The molecule has 0 fully saturated rings. The Morgan fingerprint density at radius 1 is 0.848 bits per heavy atom. The Hall–Kier alpha value is -2.29. The Bertz CT molecular complexity index is 1000. The lowest BCUT2D eigenvalue weighted by Gasteiger charge is -2.32. The molecule has 0 radical (unpaired) electrons. The van der Waals surface area contributed by atoms with E-state index in [1.807, 2.05) is 20.8 Å². The number of phenols is 1. The highest BCUT2D eigenvalue weighted by atomic mass is 16.4. The van der Waals surface area contributed by atoms with Gasteiger partial charge in [-0.25, -0.2) is 4.79 Å². The summed E-state index contributed by atoms with van der Waals surface area (Å²) in [5.74, 6) is -0.720. The van der Waals surface area contributed by atoms with Gasteiger partial charge >= 0.3 is 5.97 Å². The van der Waals surface area contributed by atoms with E-state index in [2.05, 4.69) is 53.7 Å². The molecule has 0 aliphatic carbocycles. The first-order chi connectivity index (χ1) is 15.2. The number of hydrogen-bond acceptors (Lipinski definition) is 2. The largest absolute Gasteiger partial charge is 0.507 e. The van der Waals surface area contributed by atoms with Gasteiger partial charge in [0.1, 0.15) is 5.75 Å². The van der Waals surface area contributed by atoms with Gasteiger partial charge in [0.2, 0.25) is 0 Å². The normalized spacial score (nSPS) is 12.3. The summed E-state index contributed by atoms with van der Waals surface area (Å²) in [5, 5.41) is 21.9. The van der Waals surface area contributed by atoms with Crippen molar-refractivity contribution in [1.82, 2.24) is 0 Å². The third-order valence-electron chi connectivity index (χ3n) is 6.43. The average molecular weight is 453 g/mol. The number of unbranched alkanes of at least 4 members (excludes halogenated alkanes) is 2. The highest BCUT2D eigenvalue weighted by Crippen LogP contribution is 2.48. The second-order valence-electron chi connectivity index (χ2n) is 11.5. The lowest BCUT2D eigenvalue weighted by Crippen LogP contribution is -2.21. The van der Waals surface area contributed by atoms with E-state index in [0.29, 0.717) is 11.1 Å². The van der Waals surface area contributed by atoms with Gasteiger partial charge in [0, 0.05) is 16.7 Å². The Balaban J connectivity index is 3.04. The Kier molecular flexibility index (Phi) is 8.43. The van der Waals surface area contributed by atoms with Crippen LogP contribution in [-0.2, 0) is 23.7 Å². The number of aryl methyl sites for hydroxylation is 3. The molecule has 182 valence electrons. The van der Waals surface area contributed by atoms with Crippen LogP contribution >= 0.6 is 0 Å². The summed E-state index contributed by atoms with van der Waals surface area (Å²) in [5.41, 5.74) is 6.16. The number of carboxylic acid groups (broad SMARTS) is 1. The molecule has 0 saturated carbocycles. The van der Waals surface area contributed by atoms with Crippen LogP contribution in [0.1, 0.15) is 119 Å². The van der Waals surface area contributed by atoms with Gasteiger partial charge in [-0.05, 0) is 71.8 Å². The fourth-order valence-electron chi connectivity index (χ4n) is 4.79. The van der Waals surface area contributed by atoms with E-state index in [4.69, 9.17) is 0 Å². The van der Waals surface area contributed by atoms with Crippen LogP contribution in [0.25, 0.3) is 11.1 Å². The van der Waals surface area contributed by atoms with Crippen molar-refractivity contribution in [3.8, 4) is 16.9 Å². The molecule has 2 rings (SSSR count). The molecule has 0 atom stereocenters. The van der Waals surface area contributed by atoms with E-state index < -0.39 is 11.4 Å². The molecule has 0 bridgehead atoms. The van der Waals surface area contributed by atoms with Gasteiger partial charge < -0.3 is 10.2 Å². The molecular formula is C30H44O3. The topological polar surface area (TPSA) is 57.5 Å². The second-order valence-corrected chi connectivity index (χ2v) is 11.5. The highest BCUT2D eigenvalue weighted by molar-refractivity contribution is 6.00. The number of aromatic carboxylic acids is 1. The van der Waals surface area contributed by atoms with E-state index >= 15 is 0 Å². The van der Waals surface area contributed by atoms with Gasteiger partial charge in [-0.2, -0.15) is 0 Å². The number of carbonyl (C=O) groups is 1. The molecule has 33 heavy (non-hydrogen) atoms. The summed E-state index contributed by atoms with van der Waals surface area (Å²) in [4.78, 5) is 12.6. The number of rotatable bonds is 8. The molecule has 3 nitrogen and oxygen atoms in total. The van der Waals surface area contributed by atoms with Crippen molar-refractivity contribution in [1.29, 1.82) is 0 Å². The van der Waals surface area contributed by atoms with Gasteiger partial charge in [-0.15, -0.1) is 0 Å². The Labute approximate surface area is 201 Å². The smallest absolute Gasteiger partial charge is 0.336 e. The SMILES string of the molecule is CCCCc1cc(C)c(-c2c(C(=O)O)cc(C(C)(C)C)c(O)c2C(C)(C)C)c(CCCC)c1. The zero-order valence-corrected chi connectivity index (χ0v) is 22.3. The minimum Gasteiger partial charge on any atom is -0.507 e. The number of benzene rings is 2. The van der Waals surface area contributed by atoms with E-state index in [1.165, 1.54) is 11.1 Å². The predicted octanol–water partition coefficient (Wildman–Crippen LogP) is 8.35. The predicted molar refractivity (Wildman–Crippen MR) is 140 cm³/mol. The molecule has 0 heterocycles. The van der Waals surface area contributed by atoms with Crippen LogP contribution < -0.4 is 0 Å². The molecule has 2 aromatic rings. The first-order valence-corrected chi connectivity index (χ1v) is 12.5. The van der Waals surface area contributed by atoms with Crippen LogP contribution in [0.3, 0.4) is 0 Å². The van der Waals surface area contributed by atoms with Gasteiger partial charge in [0.25, 0.3) is 0 Å². The minimum absolute atomic E-state index is 0.228. The van der Waals surface area contributed by atoms with Crippen molar-refractivity contribution < 1.29 is 15.0 Å². The van der Waals surface area contributed by atoms with Crippen molar-refractivity contribution >= 4 is 5.97 Å². The van der Waals surface area contributed by atoms with Gasteiger partial charge in [0.05, 0.1) is 5.56 Å². The Morgan fingerprint density at radius 2 is 1.42 bits per heavy atom. The van der Waals surface area contributed by atoms with Gasteiger partial charge in [-0.1, -0.05) is 80.4 Å². The quantitative estimate of drug-likeness (QED) is 0.423. The van der Waals surface area contributed by atoms with E-state index in [1.54, 1.807) is 6.07 Å². The first kappa shape index (κ1) is 27.0. The monoisotopic (exact) mass is 452 g/mol. The van der Waals surface area contributed by atoms with Crippen molar-refractivity contribution in [2.45, 2.75) is 112 Å². The lowest BCUT2D eigenvalue weighted by atomic mass is 9.73. The lowest BCUT2D eigenvalue weighted by molar-refractivity contribution is 0.0697. The maximum Gasteiger partial charge on any atom is 0.336 e. The molecule has 2 N–H and O–H groups in total. The average Bonchev–Trinajstić information content (AvgIpc) is 2.67. The summed E-state index contributed by atoms with van der Waals surface area (Å²) >= 11 is 0. The number of hydrogen-bond donors (Lipinski definition) is 2. The fourth-order valence-corrected chi connectivity index (χ4v) is 4.79. The van der Waals surface area contributed by atoms with Crippen molar-refractivity contribution in [3.63, 3.8) is 0 Å². The highest BCUT2D eigenvalue weighted by Gasteiger charge is 2.34. The van der Waals surface area contributed by atoms with Crippen LogP contribution in [0.15, 0.2) is 18.2 Å². The van der Waals surface area contributed by atoms with Crippen LogP contribution in [0, 0.1) is 6.92 Å². The zero-order chi connectivity index (χ0) is 25.1. The molecule has 0 aliphatic heterocycles. The number of aromatic hydroxyl groups is 1. The summed E-state index contributed by atoms with van der Waals surface area (Å²) < 4.78 is 0. The molecule has 0 amide bonds. The minimum atomic E-state index is -0.947. The Morgan fingerprint density at radius 3 is 1.91 bits per heavy atom. The van der Waals surface area contributed by atoms with Crippen molar-refractivity contribution in [3.05, 3.63) is 51.6 Å². The molecule has 0 saturated heterocycles. The van der Waals surface area contributed by atoms with Crippen molar-refractivity contribution in [2.75, 3.05) is 0 Å². The van der Waals surface area contributed by atoms with Crippen LogP contribution in [0.5, 0.6) is 5.75 Å². The second kappa shape index (κ2) is 10.3. The van der Waals surface area contributed by atoms with Crippen LogP contribution in [0.2, 0.25) is 0 Å². The molecule has 0 spiro atoms. The first-order valence-electron chi connectivity index (χ1n) is 12.5. The molecule has 2 aromatic carbocycles. The van der Waals surface area contributed by atoms with Crippen molar-refractivity contribution in [2.24, 2.45) is 0 Å². The molecule has 0 aliphatic rings. The number of phenolic OH excluding ortho intramolecular Hbond substituents is 1. The standard InChI is InChI=1S/C30H44O3/c1-10-12-14-20-16-19(3)24(21(17-20)15-13-11-2)25-22(28(32)33)18-23(29(4,5)6)27(31)26(25)30(7,8)9/h16-18,31H,10-15H2,1-9H3,(H,32,33). The third-order valence-corrected chi connectivity index (χ3v) is 6.43. The molecule has 3 heteroatoms. The molecule has 0 aromatic heterocycles.